The molecule has 0 bridgehead atoms. The van der Waals surface area contributed by atoms with E-state index in [1.54, 1.807) is 0 Å². The largest absolute Gasteiger partial charge is 0.356 e. The maximum Gasteiger partial charge on any atom is 0.193 e. The normalized spacial score (nSPS) is 22.4. The van der Waals surface area contributed by atoms with Crippen LogP contribution in [0.1, 0.15) is 32.6 Å². The summed E-state index contributed by atoms with van der Waals surface area (Å²) in [6, 6.07) is 1.97. The number of nitrogens with one attached hydrogen (secondary N) is 1. The van der Waals surface area contributed by atoms with E-state index in [-0.39, 0.29) is 0 Å². The van der Waals surface area contributed by atoms with E-state index >= 15 is 0 Å². The molecule has 2 aliphatic rings. The third kappa shape index (κ3) is 3.22. The molecule has 3 rings (SSSR count). The molecule has 116 valence electrons. The van der Waals surface area contributed by atoms with Crippen molar-refractivity contribution in [2.24, 2.45) is 16.3 Å². The molecule has 2 heterocycles. The van der Waals surface area contributed by atoms with Gasteiger partial charge in [-0.3, -0.25) is 9.67 Å². The van der Waals surface area contributed by atoms with Gasteiger partial charge in [0.2, 0.25) is 0 Å². The van der Waals surface area contributed by atoms with Crippen LogP contribution in [-0.2, 0) is 6.54 Å². The van der Waals surface area contributed by atoms with Crippen LogP contribution in [0.25, 0.3) is 0 Å². The van der Waals surface area contributed by atoms with Gasteiger partial charge in [-0.05, 0) is 36.7 Å². The molecular weight excluding hydrogens is 262 g/mol. The number of nitrogens with zero attached hydrogens (tertiary/aromatic N) is 4. The number of guanidine groups is 1. The monoisotopic (exact) mass is 289 g/mol. The standard InChI is InChI=1S/C16H27N5/c1-14(12-21-9-4-8-19-21)11-18-15(17-2)20-10-7-16(13-20)5-3-6-16/h4,8-9,14H,3,5-7,10-13H2,1-2H3,(H,17,18). The summed E-state index contributed by atoms with van der Waals surface area (Å²) in [5.74, 6) is 1.60. The maximum absolute atomic E-state index is 4.47. The van der Waals surface area contributed by atoms with Crippen LogP contribution >= 0.6 is 0 Å². The van der Waals surface area contributed by atoms with E-state index in [1.165, 1.54) is 32.2 Å². The van der Waals surface area contributed by atoms with Gasteiger partial charge in [-0.1, -0.05) is 13.3 Å². The fraction of sp³-hybridized carbons (Fsp3) is 0.750. The van der Waals surface area contributed by atoms with Crippen molar-refractivity contribution in [3.05, 3.63) is 18.5 Å². The van der Waals surface area contributed by atoms with E-state index in [9.17, 15) is 0 Å². The molecule has 1 aromatic rings. The van der Waals surface area contributed by atoms with E-state index in [0.29, 0.717) is 11.3 Å². The number of hydrogen-bond donors (Lipinski definition) is 1. The zero-order valence-electron chi connectivity index (χ0n) is 13.3. The zero-order chi connectivity index (χ0) is 14.7. The molecule has 0 aromatic carbocycles. The van der Waals surface area contributed by atoms with Crippen LogP contribution in [0.2, 0.25) is 0 Å². The molecule has 1 saturated carbocycles. The summed E-state index contributed by atoms with van der Waals surface area (Å²) in [7, 11) is 1.90. The molecule has 1 saturated heterocycles. The van der Waals surface area contributed by atoms with E-state index in [1.807, 2.05) is 30.2 Å². The lowest BCUT2D eigenvalue weighted by Gasteiger charge is -2.38. The van der Waals surface area contributed by atoms with Crippen molar-refractivity contribution in [2.75, 3.05) is 26.7 Å². The molecule has 1 N–H and O–H groups in total. The molecular formula is C16H27N5. The average Bonchev–Trinajstić information content (AvgIpc) is 3.08. The highest BCUT2D eigenvalue weighted by Crippen LogP contribution is 2.47. The SMILES string of the molecule is CN=C(NCC(C)Cn1cccn1)N1CCC2(CCC2)C1. The first-order valence-corrected chi connectivity index (χ1v) is 8.14. The molecule has 1 spiro atoms. The molecule has 1 aliphatic carbocycles. The topological polar surface area (TPSA) is 45.5 Å². The Balaban J connectivity index is 1.46. The first-order chi connectivity index (χ1) is 10.2. The predicted octanol–water partition coefficient (Wildman–Crippen LogP) is 1.97. The summed E-state index contributed by atoms with van der Waals surface area (Å²) < 4.78 is 1.99. The lowest BCUT2D eigenvalue weighted by Crippen LogP contribution is -2.44. The number of hydrogen-bond acceptors (Lipinski definition) is 2. The third-order valence-electron chi connectivity index (χ3n) is 5.03. The van der Waals surface area contributed by atoms with Gasteiger partial charge in [0.1, 0.15) is 0 Å². The molecule has 0 radical (unpaired) electrons. The van der Waals surface area contributed by atoms with Crippen molar-refractivity contribution in [3.63, 3.8) is 0 Å². The van der Waals surface area contributed by atoms with Crippen molar-refractivity contribution >= 4 is 5.96 Å². The Kier molecular flexibility index (Phi) is 4.17. The van der Waals surface area contributed by atoms with Gasteiger partial charge in [-0.25, -0.2) is 0 Å². The average molecular weight is 289 g/mol. The van der Waals surface area contributed by atoms with Crippen LogP contribution in [0.3, 0.4) is 0 Å². The molecule has 1 aromatic heterocycles. The van der Waals surface area contributed by atoms with Gasteiger partial charge >= 0.3 is 0 Å². The Hall–Kier alpha value is -1.52. The van der Waals surface area contributed by atoms with E-state index in [4.69, 9.17) is 0 Å². The van der Waals surface area contributed by atoms with Crippen LogP contribution in [0.15, 0.2) is 23.5 Å². The Morgan fingerprint density at radius 1 is 1.43 bits per heavy atom. The quantitative estimate of drug-likeness (QED) is 0.681. The van der Waals surface area contributed by atoms with Gasteiger partial charge in [0.15, 0.2) is 5.96 Å². The van der Waals surface area contributed by atoms with Crippen LogP contribution in [0.5, 0.6) is 0 Å². The highest BCUT2D eigenvalue weighted by atomic mass is 15.3. The lowest BCUT2D eigenvalue weighted by atomic mass is 9.68. The molecule has 1 unspecified atom stereocenters. The van der Waals surface area contributed by atoms with Crippen LogP contribution in [0, 0.1) is 11.3 Å². The Bertz CT molecular complexity index is 475. The third-order valence-corrected chi connectivity index (χ3v) is 5.03. The van der Waals surface area contributed by atoms with E-state index < -0.39 is 0 Å². The first kappa shape index (κ1) is 14.4. The summed E-state index contributed by atoms with van der Waals surface area (Å²) >= 11 is 0. The molecule has 0 amide bonds. The minimum absolute atomic E-state index is 0.530. The minimum Gasteiger partial charge on any atom is -0.356 e. The fourth-order valence-electron chi connectivity index (χ4n) is 3.59. The number of aliphatic imine (C=N–C) groups is 1. The molecule has 5 heteroatoms. The van der Waals surface area contributed by atoms with Gasteiger partial charge in [0, 0.05) is 45.6 Å². The van der Waals surface area contributed by atoms with Crippen molar-refractivity contribution < 1.29 is 0 Å². The van der Waals surface area contributed by atoms with E-state index in [2.05, 4.69) is 27.2 Å². The van der Waals surface area contributed by atoms with Gasteiger partial charge in [0.25, 0.3) is 0 Å². The van der Waals surface area contributed by atoms with Crippen molar-refractivity contribution in [1.82, 2.24) is 20.0 Å². The molecule has 2 fully saturated rings. The zero-order valence-corrected chi connectivity index (χ0v) is 13.3. The van der Waals surface area contributed by atoms with Crippen LogP contribution in [0.4, 0.5) is 0 Å². The number of likely N-dealkylation sites (tertiary alicyclic amines) is 1. The second-order valence-corrected chi connectivity index (χ2v) is 6.79. The summed E-state index contributed by atoms with van der Waals surface area (Å²) in [5, 5.41) is 7.81. The summed E-state index contributed by atoms with van der Waals surface area (Å²) in [6.45, 7) is 6.49. The van der Waals surface area contributed by atoms with Crippen LogP contribution in [-0.4, -0.2) is 47.3 Å². The van der Waals surface area contributed by atoms with Gasteiger partial charge in [-0.15, -0.1) is 0 Å². The second kappa shape index (κ2) is 6.08. The van der Waals surface area contributed by atoms with Crippen LogP contribution < -0.4 is 5.32 Å². The minimum atomic E-state index is 0.530. The number of rotatable bonds is 4. The number of aromatic nitrogens is 2. The highest BCUT2D eigenvalue weighted by Gasteiger charge is 2.43. The fourth-order valence-corrected chi connectivity index (χ4v) is 3.59. The molecule has 5 nitrogen and oxygen atoms in total. The second-order valence-electron chi connectivity index (χ2n) is 6.79. The summed E-state index contributed by atoms with van der Waals surface area (Å²) in [4.78, 5) is 6.92. The summed E-state index contributed by atoms with van der Waals surface area (Å²) in [5.41, 5.74) is 0.623. The molecule has 21 heavy (non-hydrogen) atoms. The summed E-state index contributed by atoms with van der Waals surface area (Å²) in [6.07, 6.45) is 9.44. The predicted molar refractivity (Wildman–Crippen MR) is 85.2 cm³/mol. The highest BCUT2D eigenvalue weighted by molar-refractivity contribution is 5.80. The van der Waals surface area contributed by atoms with Crippen molar-refractivity contribution in [3.8, 4) is 0 Å². The lowest BCUT2D eigenvalue weighted by molar-refractivity contribution is 0.151. The Morgan fingerprint density at radius 3 is 2.86 bits per heavy atom. The van der Waals surface area contributed by atoms with Gasteiger partial charge < -0.3 is 10.2 Å². The first-order valence-electron chi connectivity index (χ1n) is 8.14. The molecule has 1 atom stereocenters. The van der Waals surface area contributed by atoms with E-state index in [0.717, 1.165) is 25.6 Å². The molecule has 1 aliphatic heterocycles. The van der Waals surface area contributed by atoms with Gasteiger partial charge in [0.05, 0.1) is 0 Å². The van der Waals surface area contributed by atoms with Crippen molar-refractivity contribution in [2.45, 2.75) is 39.2 Å². The maximum atomic E-state index is 4.47. The van der Waals surface area contributed by atoms with Crippen molar-refractivity contribution in [1.29, 1.82) is 0 Å². The van der Waals surface area contributed by atoms with Gasteiger partial charge in [-0.2, -0.15) is 5.10 Å². The Labute approximate surface area is 127 Å². The Morgan fingerprint density at radius 2 is 2.29 bits per heavy atom. The smallest absolute Gasteiger partial charge is 0.193 e.